The van der Waals surface area contributed by atoms with Crippen LogP contribution in [0.1, 0.15) is 27.2 Å². The average molecular weight is 256 g/mol. The van der Waals surface area contributed by atoms with E-state index in [0.717, 1.165) is 11.4 Å². The van der Waals surface area contributed by atoms with Gasteiger partial charge in [-0.1, -0.05) is 12.1 Å². The fraction of sp³-hybridized carbons (Fsp3) is 0.200. The molecule has 0 saturated heterocycles. The first kappa shape index (κ1) is 13.1. The van der Waals surface area contributed by atoms with Crippen LogP contribution in [-0.4, -0.2) is 16.1 Å². The minimum absolute atomic E-state index is 0.204. The number of aryl methyl sites for hydroxylation is 2. The number of aromatic nitrogens is 1. The second-order valence-electron chi connectivity index (χ2n) is 4.52. The van der Waals surface area contributed by atoms with Crippen LogP contribution in [0.4, 0.5) is 5.69 Å². The maximum absolute atomic E-state index is 10.7. The van der Waals surface area contributed by atoms with Crippen molar-refractivity contribution in [2.45, 2.75) is 20.4 Å². The number of aromatic carboxylic acids is 1. The zero-order valence-corrected chi connectivity index (χ0v) is 11.0. The van der Waals surface area contributed by atoms with E-state index in [0.29, 0.717) is 6.54 Å². The van der Waals surface area contributed by atoms with Crippen LogP contribution in [0, 0.1) is 13.8 Å². The van der Waals surface area contributed by atoms with Gasteiger partial charge in [0.15, 0.2) is 0 Å². The molecule has 1 aromatic heterocycles. The molecule has 0 aliphatic carbocycles. The van der Waals surface area contributed by atoms with Crippen molar-refractivity contribution in [2.24, 2.45) is 0 Å². The average Bonchev–Trinajstić information content (AvgIpc) is 2.40. The van der Waals surface area contributed by atoms with Gasteiger partial charge in [-0.3, -0.25) is 4.98 Å². The largest absolute Gasteiger partial charge is 0.478 e. The van der Waals surface area contributed by atoms with Crippen LogP contribution < -0.4 is 5.32 Å². The van der Waals surface area contributed by atoms with Crippen LogP contribution in [-0.2, 0) is 6.54 Å². The molecule has 0 aliphatic rings. The number of nitrogens with one attached hydrogen (secondary N) is 1. The van der Waals surface area contributed by atoms with Crippen LogP contribution in [0.2, 0.25) is 0 Å². The van der Waals surface area contributed by atoms with Crippen molar-refractivity contribution < 1.29 is 9.90 Å². The number of hydrogen-bond donors (Lipinski definition) is 2. The maximum atomic E-state index is 10.7. The van der Waals surface area contributed by atoms with Crippen LogP contribution in [0.3, 0.4) is 0 Å². The van der Waals surface area contributed by atoms with Crippen molar-refractivity contribution in [3.05, 3.63) is 58.9 Å². The van der Waals surface area contributed by atoms with Crippen LogP contribution in [0.25, 0.3) is 0 Å². The molecule has 2 rings (SSSR count). The second kappa shape index (κ2) is 5.52. The van der Waals surface area contributed by atoms with Gasteiger partial charge in [0.1, 0.15) is 0 Å². The summed E-state index contributed by atoms with van der Waals surface area (Å²) in [6.45, 7) is 4.66. The van der Waals surface area contributed by atoms with Crippen molar-refractivity contribution in [1.82, 2.24) is 4.98 Å². The van der Waals surface area contributed by atoms with Gasteiger partial charge in [-0.05, 0) is 43.2 Å². The van der Waals surface area contributed by atoms with Gasteiger partial charge in [0.05, 0.1) is 17.8 Å². The molecule has 0 atom stereocenters. The van der Waals surface area contributed by atoms with Crippen LogP contribution >= 0.6 is 0 Å². The molecule has 0 spiro atoms. The van der Waals surface area contributed by atoms with Crippen molar-refractivity contribution >= 4 is 11.7 Å². The first-order valence-electron chi connectivity index (χ1n) is 6.05. The molecule has 19 heavy (non-hydrogen) atoms. The third-order valence-corrected chi connectivity index (χ3v) is 2.92. The first-order chi connectivity index (χ1) is 9.06. The predicted molar refractivity (Wildman–Crippen MR) is 74.4 cm³/mol. The lowest BCUT2D eigenvalue weighted by Gasteiger charge is -2.10. The van der Waals surface area contributed by atoms with Gasteiger partial charge >= 0.3 is 5.97 Å². The number of anilines is 1. The van der Waals surface area contributed by atoms with Gasteiger partial charge in [-0.15, -0.1) is 0 Å². The second-order valence-corrected chi connectivity index (χ2v) is 4.52. The lowest BCUT2D eigenvalue weighted by molar-refractivity contribution is 0.0696. The molecule has 0 aliphatic heterocycles. The van der Waals surface area contributed by atoms with Gasteiger partial charge < -0.3 is 10.4 Å². The maximum Gasteiger partial charge on any atom is 0.337 e. The number of carboxylic acids is 1. The highest BCUT2D eigenvalue weighted by molar-refractivity contribution is 5.87. The SMILES string of the molecule is Cc1ccc(C)c(NCc2ccc(C(=O)O)cn2)c1. The van der Waals surface area contributed by atoms with Crippen molar-refractivity contribution in [3.8, 4) is 0 Å². The van der Waals surface area contributed by atoms with E-state index in [1.807, 2.05) is 13.8 Å². The zero-order chi connectivity index (χ0) is 13.8. The summed E-state index contributed by atoms with van der Waals surface area (Å²) in [5.74, 6) is -0.957. The molecule has 0 amide bonds. The molecule has 0 fully saturated rings. The summed E-state index contributed by atoms with van der Waals surface area (Å²) in [7, 11) is 0. The Morgan fingerprint density at radius 3 is 2.68 bits per heavy atom. The monoisotopic (exact) mass is 256 g/mol. The van der Waals surface area contributed by atoms with E-state index < -0.39 is 5.97 Å². The summed E-state index contributed by atoms with van der Waals surface area (Å²) in [5.41, 5.74) is 4.46. The van der Waals surface area contributed by atoms with Gasteiger partial charge in [0, 0.05) is 11.9 Å². The summed E-state index contributed by atoms with van der Waals surface area (Å²) in [6.07, 6.45) is 1.38. The Morgan fingerprint density at radius 2 is 2.05 bits per heavy atom. The van der Waals surface area contributed by atoms with E-state index in [-0.39, 0.29) is 5.56 Å². The summed E-state index contributed by atoms with van der Waals surface area (Å²) in [6, 6.07) is 9.51. The molecule has 0 unspecified atom stereocenters. The molecular formula is C15H16N2O2. The van der Waals surface area contributed by atoms with Crippen LogP contribution in [0.15, 0.2) is 36.5 Å². The molecule has 98 valence electrons. The zero-order valence-electron chi connectivity index (χ0n) is 11.0. The summed E-state index contributed by atoms with van der Waals surface area (Å²) >= 11 is 0. The van der Waals surface area contributed by atoms with Gasteiger partial charge in [0.25, 0.3) is 0 Å². The number of carboxylic acid groups (broad SMARTS) is 1. The Kier molecular flexibility index (Phi) is 3.80. The van der Waals surface area contributed by atoms with E-state index in [4.69, 9.17) is 5.11 Å². The van der Waals surface area contributed by atoms with E-state index in [9.17, 15) is 4.79 Å². The Hall–Kier alpha value is -2.36. The lowest BCUT2D eigenvalue weighted by Crippen LogP contribution is -2.04. The predicted octanol–water partition coefficient (Wildman–Crippen LogP) is 3.01. The molecule has 1 aromatic carbocycles. The molecule has 2 N–H and O–H groups in total. The fourth-order valence-corrected chi connectivity index (χ4v) is 1.77. The van der Waals surface area contributed by atoms with Gasteiger partial charge in [-0.2, -0.15) is 0 Å². The van der Waals surface area contributed by atoms with E-state index in [1.165, 1.54) is 17.3 Å². The van der Waals surface area contributed by atoms with Crippen LogP contribution in [0.5, 0.6) is 0 Å². The molecule has 0 radical (unpaired) electrons. The fourth-order valence-electron chi connectivity index (χ4n) is 1.77. The molecule has 4 heteroatoms. The summed E-state index contributed by atoms with van der Waals surface area (Å²) < 4.78 is 0. The molecule has 0 bridgehead atoms. The van der Waals surface area contributed by atoms with Crippen molar-refractivity contribution in [2.75, 3.05) is 5.32 Å². The smallest absolute Gasteiger partial charge is 0.337 e. The Morgan fingerprint density at radius 1 is 1.26 bits per heavy atom. The van der Waals surface area contributed by atoms with Gasteiger partial charge in [0.2, 0.25) is 0 Å². The highest BCUT2D eigenvalue weighted by Crippen LogP contribution is 2.17. The van der Waals surface area contributed by atoms with Crippen molar-refractivity contribution in [1.29, 1.82) is 0 Å². The molecule has 2 aromatic rings. The number of hydrogen-bond acceptors (Lipinski definition) is 3. The van der Waals surface area contributed by atoms with Gasteiger partial charge in [-0.25, -0.2) is 4.79 Å². The standard InChI is InChI=1S/C15H16N2O2/c1-10-3-4-11(2)14(7-10)17-9-13-6-5-12(8-16-13)15(18)19/h3-8,17H,9H2,1-2H3,(H,18,19). The summed E-state index contributed by atoms with van der Waals surface area (Å²) in [5, 5.41) is 12.1. The minimum atomic E-state index is -0.957. The topological polar surface area (TPSA) is 62.2 Å². The molecule has 1 heterocycles. The molecule has 0 saturated carbocycles. The normalized spacial score (nSPS) is 10.2. The quantitative estimate of drug-likeness (QED) is 0.882. The third-order valence-electron chi connectivity index (χ3n) is 2.92. The molecule has 4 nitrogen and oxygen atoms in total. The lowest BCUT2D eigenvalue weighted by atomic mass is 10.1. The number of carbonyl (C=O) groups is 1. The minimum Gasteiger partial charge on any atom is -0.478 e. The van der Waals surface area contributed by atoms with E-state index >= 15 is 0 Å². The van der Waals surface area contributed by atoms with E-state index in [2.05, 4.69) is 28.5 Å². The third kappa shape index (κ3) is 3.31. The number of benzene rings is 1. The Balaban J connectivity index is 2.06. The van der Waals surface area contributed by atoms with E-state index in [1.54, 1.807) is 12.1 Å². The van der Waals surface area contributed by atoms with Crippen molar-refractivity contribution in [3.63, 3.8) is 0 Å². The number of rotatable bonds is 4. The number of nitrogens with zero attached hydrogens (tertiary/aromatic N) is 1. The Labute approximate surface area is 112 Å². The highest BCUT2D eigenvalue weighted by Gasteiger charge is 2.03. The number of pyridine rings is 1. The Bertz CT molecular complexity index is 592. The first-order valence-corrected chi connectivity index (χ1v) is 6.05. The summed E-state index contributed by atoms with van der Waals surface area (Å²) in [4.78, 5) is 14.8. The highest BCUT2D eigenvalue weighted by atomic mass is 16.4. The molecular weight excluding hydrogens is 240 g/mol.